The number of aliphatic hydroxyl groups is 4. The molecule has 7 rings (SSSR count). The van der Waals surface area contributed by atoms with Gasteiger partial charge in [-0.2, -0.15) is 0 Å². The second-order valence-corrected chi connectivity index (χ2v) is 23.7. The predicted molar refractivity (Wildman–Crippen MR) is 286 cm³/mol. The molecule has 4 aliphatic carbocycles. The molecule has 10 unspecified atom stereocenters. The van der Waals surface area contributed by atoms with Crippen molar-refractivity contribution >= 4 is 29.9 Å². The van der Waals surface area contributed by atoms with Crippen LogP contribution in [0.15, 0.2) is 48.6 Å². The lowest BCUT2D eigenvalue weighted by Crippen LogP contribution is -2.63. The molecule has 2 saturated heterocycles. The third-order valence-electron chi connectivity index (χ3n) is 18.2. The van der Waals surface area contributed by atoms with Crippen LogP contribution in [-0.2, 0) is 47.5 Å². The Kier molecular flexibility index (Phi) is 21.5. The van der Waals surface area contributed by atoms with Crippen molar-refractivity contribution in [2.24, 2.45) is 40.4 Å². The van der Waals surface area contributed by atoms with Crippen molar-refractivity contribution in [2.75, 3.05) is 40.0 Å². The van der Waals surface area contributed by atoms with Crippen LogP contribution >= 0.6 is 0 Å². The molecule has 2 amide bonds. The summed E-state index contributed by atoms with van der Waals surface area (Å²) in [5.74, 6) is -1.70. The molecule has 79 heavy (non-hydrogen) atoms. The second-order valence-electron chi connectivity index (χ2n) is 23.7. The van der Waals surface area contributed by atoms with Crippen molar-refractivity contribution in [2.45, 2.75) is 198 Å². The van der Waals surface area contributed by atoms with E-state index < -0.39 is 110 Å². The van der Waals surface area contributed by atoms with Gasteiger partial charge in [-0.1, -0.05) is 71.8 Å². The van der Waals surface area contributed by atoms with E-state index in [9.17, 15) is 44.4 Å². The van der Waals surface area contributed by atoms with E-state index in [4.69, 9.17) is 42.6 Å². The summed E-state index contributed by atoms with van der Waals surface area (Å²) in [5.41, 5.74) is -1.37. The number of ether oxygens (including phenoxy) is 9. The zero-order valence-electron chi connectivity index (χ0n) is 47.3. The molecule has 6 N–H and O–H groups in total. The maximum Gasteiger partial charge on any atom is 0.407 e. The van der Waals surface area contributed by atoms with Gasteiger partial charge in [0.1, 0.15) is 54.3 Å². The van der Waals surface area contributed by atoms with Gasteiger partial charge in [-0.25, -0.2) is 14.4 Å². The van der Waals surface area contributed by atoms with Gasteiger partial charge in [-0.15, -0.1) is 0 Å². The van der Waals surface area contributed by atoms with Crippen LogP contribution in [0.4, 0.5) is 9.59 Å². The number of amides is 2. The standard InChI is InChI=1S/C59H88N2O18/c1-9-28-72-55(68)60-26-12-10-11-13-27-61-56(69)76-42-23-24-57(6)39(30-42)18-15-38-29-40(57)22-25-58(7)43(38)31-47(59(58,70)35(4)44(63)21-14-34(2)3)77-54-51(75-36(5)62)49(46(65)33-74-54)79-53-50(48(66)45(64)32-73-53)78-52(67)37-16-19-41(71-8)20-17-37/h9,16-20,34-35,38,40,42-43,45-51,53-54,64-66,70H,1,10-15,21-33H2,2-8H3,(H,60,68)(H,61,69)/t35-,38?,40?,42+,43+,45?,46?,47+,48?,49?,50?,51?,53?,54?,57+,58+,59-/m1/s1. The Hall–Kier alpha value is -4.67. The predicted octanol–water partition coefficient (Wildman–Crippen LogP) is 6.62. The number of allylic oxidation sites excluding steroid dienone is 1. The monoisotopic (exact) mass is 1110 g/mol. The molecule has 5 fully saturated rings. The van der Waals surface area contributed by atoms with Gasteiger partial charge >= 0.3 is 24.1 Å². The summed E-state index contributed by atoms with van der Waals surface area (Å²) in [7, 11) is 1.48. The van der Waals surface area contributed by atoms with Crippen LogP contribution in [0.3, 0.4) is 0 Å². The van der Waals surface area contributed by atoms with E-state index in [0.717, 1.165) is 44.9 Å². The minimum atomic E-state index is -1.74. The van der Waals surface area contributed by atoms with Gasteiger partial charge in [-0.05, 0) is 118 Å². The number of fused-ring (bicyclic) bond motifs is 6. The molecule has 0 spiro atoms. The highest BCUT2D eigenvalue weighted by atomic mass is 16.8. The summed E-state index contributed by atoms with van der Waals surface area (Å²) in [6.07, 6.45) is -0.975. The number of esters is 2. The van der Waals surface area contributed by atoms with Gasteiger partial charge in [0.25, 0.3) is 0 Å². The van der Waals surface area contributed by atoms with Crippen molar-refractivity contribution in [3.8, 4) is 5.75 Å². The number of carbonyl (C=O) groups is 5. The Morgan fingerprint density at radius 3 is 2.15 bits per heavy atom. The Bertz CT molecular complexity index is 2280. The number of benzene rings is 1. The first-order valence-corrected chi connectivity index (χ1v) is 28.6. The average Bonchev–Trinajstić information content (AvgIpc) is 3.76. The third kappa shape index (κ3) is 14.3. The summed E-state index contributed by atoms with van der Waals surface area (Å²) >= 11 is 0. The highest BCUT2D eigenvalue weighted by Gasteiger charge is 2.69. The Labute approximate surface area is 464 Å². The van der Waals surface area contributed by atoms with E-state index in [1.807, 2.05) is 13.8 Å². The lowest BCUT2D eigenvalue weighted by molar-refractivity contribution is -0.345. The molecule has 1 aromatic carbocycles. The van der Waals surface area contributed by atoms with Gasteiger partial charge in [0.05, 0.1) is 32.0 Å². The van der Waals surface area contributed by atoms with E-state index in [1.165, 1.54) is 37.8 Å². The minimum absolute atomic E-state index is 0.0762. The molecular weight excluding hydrogens is 1020 g/mol. The number of hydrogen-bond acceptors (Lipinski definition) is 18. The molecule has 2 heterocycles. The molecule has 20 heteroatoms. The molecule has 20 nitrogen and oxygen atoms in total. The number of unbranched alkanes of at least 4 members (excludes halogenated alkanes) is 3. The highest BCUT2D eigenvalue weighted by Crippen LogP contribution is 2.66. The van der Waals surface area contributed by atoms with Crippen LogP contribution in [0.5, 0.6) is 5.75 Å². The van der Waals surface area contributed by atoms with Gasteiger partial charge in [-0.3, -0.25) is 9.59 Å². The average molecular weight is 1110 g/mol. The number of methoxy groups -OCH3 is 1. The SMILES string of the molecule is C=CCOC(=O)NCCCCCCNC(=O)O[C@H]1CC[C@@]2(C)C(=CCC3CC2CC[C@@]2(C)[C@H]3C[C@H](OC3OCC(O)C(OC4OCC(O)C(O)C4OC(=O)c4ccc(OC)cc4)C3OC(C)=O)[C@]2(O)[C@H](C)C(=O)CCC(C)C)C1. The van der Waals surface area contributed by atoms with Crippen LogP contribution < -0.4 is 15.4 Å². The molecule has 0 aromatic heterocycles. The summed E-state index contributed by atoms with van der Waals surface area (Å²) in [4.78, 5) is 65.5. The number of aliphatic hydroxyl groups excluding tert-OH is 3. The van der Waals surface area contributed by atoms with Crippen LogP contribution in [0.25, 0.3) is 0 Å². The van der Waals surface area contributed by atoms with Gasteiger partial charge < -0.3 is 73.7 Å². The quantitative estimate of drug-likeness (QED) is 0.0291. The first-order chi connectivity index (χ1) is 37.6. The fourth-order valence-electron chi connectivity index (χ4n) is 13.6. The molecule has 2 bridgehead atoms. The van der Waals surface area contributed by atoms with Crippen LogP contribution in [0, 0.1) is 40.4 Å². The fourth-order valence-corrected chi connectivity index (χ4v) is 13.6. The van der Waals surface area contributed by atoms with Crippen molar-refractivity contribution in [1.82, 2.24) is 10.6 Å². The zero-order valence-corrected chi connectivity index (χ0v) is 47.3. The number of rotatable bonds is 23. The first kappa shape index (κ1) is 61.9. The summed E-state index contributed by atoms with van der Waals surface area (Å²) in [5, 5.41) is 52.8. The maximum atomic E-state index is 14.4. The number of nitrogens with one attached hydrogen (secondary N) is 2. The number of alkyl carbamates (subject to hydrolysis) is 2. The molecule has 6 aliphatic rings. The van der Waals surface area contributed by atoms with E-state index >= 15 is 0 Å². The Morgan fingerprint density at radius 1 is 0.823 bits per heavy atom. The topological polar surface area (TPSA) is 273 Å². The van der Waals surface area contributed by atoms with Crippen molar-refractivity contribution in [3.63, 3.8) is 0 Å². The van der Waals surface area contributed by atoms with E-state index in [2.05, 4.69) is 37.1 Å². The van der Waals surface area contributed by atoms with E-state index in [0.29, 0.717) is 57.4 Å². The van der Waals surface area contributed by atoms with Gasteiger partial charge in [0.15, 0.2) is 24.8 Å². The molecule has 17 atom stereocenters. The smallest absolute Gasteiger partial charge is 0.407 e. The normalized spacial score (nSPS) is 35.4. The number of Topliss-reactive ketones (excluding diaryl/α,β-unsaturated/α-hetero) is 1. The Morgan fingerprint density at radius 2 is 1.49 bits per heavy atom. The van der Waals surface area contributed by atoms with Crippen LogP contribution in [0.2, 0.25) is 0 Å². The van der Waals surface area contributed by atoms with Gasteiger partial charge in [0.2, 0.25) is 0 Å². The van der Waals surface area contributed by atoms with Gasteiger partial charge in [0, 0.05) is 44.2 Å². The molecule has 3 saturated carbocycles. The molecule has 442 valence electrons. The Balaban J connectivity index is 1.07. The number of carbonyl (C=O) groups excluding carboxylic acids is 5. The van der Waals surface area contributed by atoms with Crippen molar-refractivity contribution in [1.29, 1.82) is 0 Å². The fraction of sp³-hybridized carbons (Fsp3) is 0.746. The maximum absolute atomic E-state index is 14.4. The summed E-state index contributed by atoms with van der Waals surface area (Å²) in [6.45, 7) is 15.3. The number of ketones is 1. The third-order valence-corrected chi connectivity index (χ3v) is 18.2. The highest BCUT2D eigenvalue weighted by molar-refractivity contribution is 5.89. The van der Waals surface area contributed by atoms with Crippen LogP contribution in [-0.4, -0.2) is 157 Å². The zero-order chi connectivity index (χ0) is 57.2. The van der Waals surface area contributed by atoms with E-state index in [1.54, 1.807) is 19.1 Å². The lowest BCUT2D eigenvalue weighted by Gasteiger charge is -2.50. The second kappa shape index (κ2) is 27.4. The number of hydrogen-bond donors (Lipinski definition) is 6. The van der Waals surface area contributed by atoms with Crippen molar-refractivity contribution in [3.05, 3.63) is 54.1 Å². The summed E-state index contributed by atoms with van der Waals surface area (Å²) < 4.78 is 53.0. The molecular formula is C59H88N2O18. The summed E-state index contributed by atoms with van der Waals surface area (Å²) in [6, 6.07) is 6.03. The minimum Gasteiger partial charge on any atom is -0.497 e. The molecule has 2 aliphatic heterocycles. The first-order valence-electron chi connectivity index (χ1n) is 28.6. The van der Waals surface area contributed by atoms with Crippen molar-refractivity contribution < 1.29 is 87.0 Å². The molecule has 1 aromatic rings. The largest absolute Gasteiger partial charge is 0.497 e. The van der Waals surface area contributed by atoms with E-state index in [-0.39, 0.29) is 59.6 Å². The molecule has 0 radical (unpaired) electrons. The lowest BCUT2D eigenvalue weighted by atomic mass is 9.59. The van der Waals surface area contributed by atoms with Crippen LogP contribution in [0.1, 0.15) is 142 Å².